The molecule has 2 rings (SSSR count). The molecule has 0 aliphatic carbocycles. The lowest BCUT2D eigenvalue weighted by Crippen LogP contribution is -2.32. The van der Waals surface area contributed by atoms with Crippen LogP contribution >= 0.6 is 7.60 Å². The van der Waals surface area contributed by atoms with E-state index >= 15 is 0 Å². The fourth-order valence-electron chi connectivity index (χ4n) is 2.86. The van der Waals surface area contributed by atoms with Crippen LogP contribution in [0.2, 0.25) is 0 Å². The molecule has 0 N–H and O–H groups in total. The first-order valence-corrected chi connectivity index (χ1v) is 12.2. The molecule has 0 aromatic heterocycles. The summed E-state index contributed by atoms with van der Waals surface area (Å²) in [6.45, 7) is 6.36. The first-order valence-electron chi connectivity index (χ1n) is 9.10. The van der Waals surface area contributed by atoms with Crippen molar-refractivity contribution in [3.63, 3.8) is 0 Å². The van der Waals surface area contributed by atoms with Crippen LogP contribution < -0.4 is 14.5 Å². The van der Waals surface area contributed by atoms with E-state index in [9.17, 15) is 27.3 Å². The Kier molecular flexibility index (Phi) is 7.30. The van der Waals surface area contributed by atoms with Crippen molar-refractivity contribution in [2.24, 2.45) is 0 Å². The van der Waals surface area contributed by atoms with Crippen LogP contribution in [-0.2, 0) is 26.5 Å². The molecular weight excluding hydrogens is 415 g/mol. The molecule has 0 amide bonds. The van der Waals surface area contributed by atoms with E-state index in [1.807, 2.05) is 24.3 Å². The Hall–Kier alpha value is -1.70. The van der Waals surface area contributed by atoms with E-state index < -0.39 is 29.1 Å². The molecule has 29 heavy (non-hydrogen) atoms. The monoisotopic (exact) mass is 439 g/mol. The highest BCUT2D eigenvalue weighted by Gasteiger charge is 2.20. The number of aryl methyl sites for hydroxylation is 1. The van der Waals surface area contributed by atoms with Crippen molar-refractivity contribution in [3.8, 4) is 11.5 Å². The van der Waals surface area contributed by atoms with Gasteiger partial charge in [-0.05, 0) is 60.1 Å². The minimum atomic E-state index is -5.52. The Morgan fingerprint density at radius 3 is 2.17 bits per heavy atom. The quantitative estimate of drug-likeness (QED) is 0.457. The molecule has 9 heteroatoms. The zero-order chi connectivity index (χ0) is 21.9. The molecule has 0 saturated heterocycles. The average Bonchev–Trinajstić information content (AvgIpc) is 2.56. The van der Waals surface area contributed by atoms with Crippen molar-refractivity contribution in [3.05, 3.63) is 59.7 Å². The number of hydrogen-bond acceptors (Lipinski definition) is 7. The van der Waals surface area contributed by atoms with Crippen LogP contribution in [0.5, 0.6) is 11.5 Å². The third kappa shape index (κ3) is 7.24. The van der Waals surface area contributed by atoms with Gasteiger partial charge in [-0.15, -0.1) is 0 Å². The zero-order valence-electron chi connectivity index (χ0n) is 16.5. The molecule has 1 unspecified atom stereocenters. The lowest BCUT2D eigenvalue weighted by Gasteiger charge is -2.39. The predicted octanol–water partition coefficient (Wildman–Crippen LogP) is 2.88. The molecule has 2 aromatic rings. The van der Waals surface area contributed by atoms with Crippen molar-refractivity contribution < 1.29 is 32.1 Å². The highest BCUT2D eigenvalue weighted by atomic mass is 32.2. The van der Waals surface area contributed by atoms with Gasteiger partial charge in [0.15, 0.2) is 0 Å². The number of hydrogen-bond donors (Lipinski definition) is 0. The van der Waals surface area contributed by atoms with E-state index in [-0.39, 0.29) is 11.8 Å². The lowest BCUT2D eigenvalue weighted by molar-refractivity contribution is -0.314. The summed E-state index contributed by atoms with van der Waals surface area (Å²) in [5.74, 6) is 1.23. The maximum Gasteiger partial charge on any atom is 0.127 e. The van der Waals surface area contributed by atoms with Gasteiger partial charge in [0.1, 0.15) is 21.6 Å². The standard InChI is InChI=1S/C20H27O7PS/c1-20(2,3)16-10-12-17(13-11-16)27-18-8-4-6-15(14-18)7-5-9-19(28(21,22)23)29(24,25)26/h4,6,8,10-14,19H,5,7,9H2,1-3H3,(H2,21,22,23)(H,24,25,26)/p-3. The van der Waals surface area contributed by atoms with E-state index in [1.165, 1.54) is 5.56 Å². The zero-order valence-corrected chi connectivity index (χ0v) is 18.2. The second-order valence-corrected chi connectivity index (χ2v) is 11.5. The van der Waals surface area contributed by atoms with Crippen molar-refractivity contribution >= 4 is 17.7 Å². The van der Waals surface area contributed by atoms with Gasteiger partial charge in [0.2, 0.25) is 0 Å². The maximum atomic E-state index is 11.0. The first-order chi connectivity index (χ1) is 13.3. The van der Waals surface area contributed by atoms with E-state index in [2.05, 4.69) is 20.8 Å². The van der Waals surface area contributed by atoms with Gasteiger partial charge in [0.25, 0.3) is 0 Å². The Balaban J connectivity index is 2.02. The Bertz CT molecular complexity index is 973. The highest BCUT2D eigenvalue weighted by Crippen LogP contribution is 2.38. The maximum absolute atomic E-state index is 11.0. The van der Waals surface area contributed by atoms with Crippen molar-refractivity contribution in [2.45, 2.75) is 50.4 Å². The molecule has 0 fully saturated rings. The minimum Gasteiger partial charge on any atom is -0.810 e. The van der Waals surface area contributed by atoms with Crippen LogP contribution in [0.25, 0.3) is 0 Å². The second-order valence-electron chi connectivity index (χ2n) is 7.90. The summed E-state index contributed by atoms with van der Waals surface area (Å²) in [5, 5.41) is 0. The topological polar surface area (TPSA) is 130 Å². The summed E-state index contributed by atoms with van der Waals surface area (Å²) in [4.78, 5) is 19.6. The average molecular weight is 439 g/mol. The summed E-state index contributed by atoms with van der Waals surface area (Å²) < 4.78 is 49.9. The lowest BCUT2D eigenvalue weighted by atomic mass is 9.87. The SMILES string of the molecule is CC(C)(C)c1ccc(Oc2cccc(CCCC(P(=O)([O-])[O-])S(=O)(=O)[O-])c2)cc1. The number of rotatable bonds is 8. The van der Waals surface area contributed by atoms with Gasteiger partial charge in [0, 0.05) is 0 Å². The molecule has 0 heterocycles. The van der Waals surface area contributed by atoms with Crippen molar-refractivity contribution in [2.75, 3.05) is 0 Å². The Labute approximate surface area is 171 Å². The van der Waals surface area contributed by atoms with Crippen LogP contribution in [0.3, 0.4) is 0 Å². The molecule has 2 aromatic carbocycles. The Morgan fingerprint density at radius 1 is 1.03 bits per heavy atom. The number of ether oxygens (including phenoxy) is 1. The normalized spacial score (nSPS) is 13.9. The second kappa shape index (κ2) is 8.98. The first kappa shape index (κ1) is 23.6. The molecule has 0 radical (unpaired) electrons. The van der Waals surface area contributed by atoms with Gasteiger partial charge in [-0.3, -0.25) is 0 Å². The van der Waals surface area contributed by atoms with Crippen LogP contribution in [0.4, 0.5) is 0 Å². The van der Waals surface area contributed by atoms with E-state index in [0.717, 1.165) is 5.56 Å². The van der Waals surface area contributed by atoms with E-state index in [0.29, 0.717) is 17.9 Å². The third-order valence-electron chi connectivity index (χ3n) is 4.46. The fourth-order valence-corrected chi connectivity index (χ4v) is 5.08. The summed E-state index contributed by atoms with van der Waals surface area (Å²) in [7, 11) is -10.7. The smallest absolute Gasteiger partial charge is 0.127 e. The fraction of sp³-hybridized carbons (Fsp3) is 0.400. The largest absolute Gasteiger partial charge is 0.810 e. The predicted molar refractivity (Wildman–Crippen MR) is 106 cm³/mol. The molecular formula is C20H24O7PS-3. The van der Waals surface area contributed by atoms with Gasteiger partial charge >= 0.3 is 0 Å². The molecule has 0 bridgehead atoms. The van der Waals surface area contributed by atoms with Crippen LogP contribution in [-0.4, -0.2) is 18.0 Å². The molecule has 160 valence electrons. The van der Waals surface area contributed by atoms with Gasteiger partial charge in [-0.25, -0.2) is 8.42 Å². The third-order valence-corrected chi connectivity index (χ3v) is 7.87. The van der Waals surface area contributed by atoms with Gasteiger partial charge in [0.05, 0.1) is 4.99 Å². The van der Waals surface area contributed by atoms with Crippen LogP contribution in [0, 0.1) is 0 Å². The summed E-state index contributed by atoms with van der Waals surface area (Å²) in [6, 6.07) is 14.8. The molecule has 0 aliphatic rings. The highest BCUT2D eigenvalue weighted by molar-refractivity contribution is 7.93. The van der Waals surface area contributed by atoms with Gasteiger partial charge in [-0.2, -0.15) is 0 Å². The summed E-state index contributed by atoms with van der Waals surface area (Å²) >= 11 is 0. The number of benzene rings is 2. The molecule has 7 nitrogen and oxygen atoms in total. The van der Waals surface area contributed by atoms with E-state index in [1.54, 1.807) is 24.3 Å². The van der Waals surface area contributed by atoms with Crippen LogP contribution in [0.1, 0.15) is 44.7 Å². The van der Waals surface area contributed by atoms with E-state index in [4.69, 9.17) is 4.74 Å². The molecule has 0 saturated carbocycles. The molecule has 1 atom stereocenters. The summed E-state index contributed by atoms with van der Waals surface area (Å²) in [6.07, 6.45) is -0.175. The van der Waals surface area contributed by atoms with Crippen molar-refractivity contribution in [1.82, 2.24) is 0 Å². The van der Waals surface area contributed by atoms with Gasteiger partial charge < -0.3 is 23.6 Å². The Morgan fingerprint density at radius 2 is 1.66 bits per heavy atom. The molecule has 0 aliphatic heterocycles. The van der Waals surface area contributed by atoms with Crippen LogP contribution in [0.15, 0.2) is 48.5 Å². The van der Waals surface area contributed by atoms with Gasteiger partial charge in [-0.1, -0.05) is 52.6 Å². The minimum absolute atomic E-state index is 0.0337. The van der Waals surface area contributed by atoms with Crippen molar-refractivity contribution in [1.29, 1.82) is 0 Å². The molecule has 0 spiro atoms. The summed E-state index contributed by atoms with van der Waals surface area (Å²) in [5.41, 5.74) is 1.98.